The SMILES string of the molecule is CCC(CC)c1nnc(NC(=O)c2cc(Br)cnc2Cl)s1. The number of rotatable bonds is 5. The fourth-order valence-electron chi connectivity index (χ4n) is 1.83. The number of aromatic nitrogens is 3. The minimum Gasteiger partial charge on any atom is -0.296 e. The zero-order valence-corrected chi connectivity index (χ0v) is 14.7. The molecular weight excluding hydrogens is 376 g/mol. The first-order chi connectivity index (χ1) is 10.0. The van der Waals surface area contributed by atoms with Crippen molar-refractivity contribution >= 4 is 49.9 Å². The van der Waals surface area contributed by atoms with Crippen molar-refractivity contribution in [3.8, 4) is 0 Å². The Labute approximate surface area is 140 Å². The normalized spacial score (nSPS) is 10.9. The van der Waals surface area contributed by atoms with E-state index in [4.69, 9.17) is 11.6 Å². The number of anilines is 1. The van der Waals surface area contributed by atoms with Crippen LogP contribution < -0.4 is 5.32 Å². The van der Waals surface area contributed by atoms with Gasteiger partial charge in [-0.15, -0.1) is 10.2 Å². The van der Waals surface area contributed by atoms with Gasteiger partial charge in [0.05, 0.1) is 5.56 Å². The van der Waals surface area contributed by atoms with Crippen LogP contribution in [0.15, 0.2) is 16.7 Å². The van der Waals surface area contributed by atoms with Gasteiger partial charge in [-0.25, -0.2) is 4.98 Å². The van der Waals surface area contributed by atoms with Crippen molar-refractivity contribution in [1.29, 1.82) is 0 Å². The van der Waals surface area contributed by atoms with E-state index in [0.717, 1.165) is 17.8 Å². The molecule has 1 N–H and O–H groups in total. The summed E-state index contributed by atoms with van der Waals surface area (Å²) in [6, 6.07) is 1.62. The van der Waals surface area contributed by atoms with Crippen LogP contribution in [0.3, 0.4) is 0 Å². The van der Waals surface area contributed by atoms with Crippen LogP contribution in [0.25, 0.3) is 0 Å². The van der Waals surface area contributed by atoms with Gasteiger partial charge in [0.25, 0.3) is 5.91 Å². The average molecular weight is 390 g/mol. The maximum Gasteiger partial charge on any atom is 0.260 e. The monoisotopic (exact) mass is 388 g/mol. The molecule has 0 aliphatic heterocycles. The summed E-state index contributed by atoms with van der Waals surface area (Å²) in [7, 11) is 0. The van der Waals surface area contributed by atoms with E-state index in [0.29, 0.717) is 21.1 Å². The van der Waals surface area contributed by atoms with Crippen LogP contribution in [0.5, 0.6) is 0 Å². The van der Waals surface area contributed by atoms with Crippen LogP contribution in [0.1, 0.15) is 48.0 Å². The molecule has 5 nitrogen and oxygen atoms in total. The van der Waals surface area contributed by atoms with Gasteiger partial charge < -0.3 is 0 Å². The van der Waals surface area contributed by atoms with Gasteiger partial charge in [0, 0.05) is 16.6 Å². The van der Waals surface area contributed by atoms with E-state index in [1.54, 1.807) is 6.07 Å². The lowest BCUT2D eigenvalue weighted by atomic mass is 10.1. The molecular formula is C13H14BrClN4OS. The van der Waals surface area contributed by atoms with Crippen molar-refractivity contribution in [2.75, 3.05) is 5.32 Å². The lowest BCUT2D eigenvalue weighted by Gasteiger charge is -2.06. The summed E-state index contributed by atoms with van der Waals surface area (Å²) in [5.41, 5.74) is 0.297. The van der Waals surface area contributed by atoms with Crippen LogP contribution in [-0.2, 0) is 0 Å². The summed E-state index contributed by atoms with van der Waals surface area (Å²) in [6.45, 7) is 4.22. The molecule has 0 fully saturated rings. The van der Waals surface area contributed by atoms with Gasteiger partial charge in [0.1, 0.15) is 10.2 Å². The fraction of sp³-hybridized carbons (Fsp3) is 0.385. The molecule has 2 aromatic heterocycles. The lowest BCUT2D eigenvalue weighted by Crippen LogP contribution is -2.12. The highest BCUT2D eigenvalue weighted by atomic mass is 79.9. The third kappa shape index (κ3) is 3.99. The number of halogens is 2. The molecule has 0 saturated carbocycles. The molecule has 0 aliphatic carbocycles. The number of amides is 1. The Morgan fingerprint density at radius 2 is 2.14 bits per heavy atom. The van der Waals surface area contributed by atoms with Gasteiger partial charge in [-0.2, -0.15) is 0 Å². The van der Waals surface area contributed by atoms with E-state index in [1.807, 2.05) is 0 Å². The summed E-state index contributed by atoms with van der Waals surface area (Å²) in [4.78, 5) is 16.1. The van der Waals surface area contributed by atoms with E-state index in [-0.39, 0.29) is 11.1 Å². The molecule has 2 heterocycles. The molecule has 0 saturated heterocycles. The van der Waals surface area contributed by atoms with E-state index in [2.05, 4.69) is 50.3 Å². The highest BCUT2D eigenvalue weighted by Crippen LogP contribution is 2.28. The molecule has 2 rings (SSSR count). The van der Waals surface area contributed by atoms with Crippen molar-refractivity contribution in [2.24, 2.45) is 0 Å². The van der Waals surface area contributed by atoms with Gasteiger partial charge >= 0.3 is 0 Å². The predicted molar refractivity (Wildman–Crippen MR) is 88.1 cm³/mol. The maximum absolute atomic E-state index is 12.2. The second-order valence-electron chi connectivity index (χ2n) is 4.40. The number of hydrogen-bond acceptors (Lipinski definition) is 5. The topological polar surface area (TPSA) is 67.8 Å². The lowest BCUT2D eigenvalue weighted by molar-refractivity contribution is 0.102. The van der Waals surface area contributed by atoms with Gasteiger partial charge in [-0.1, -0.05) is 36.8 Å². The third-order valence-corrected chi connectivity index (χ3v) is 4.78. The molecule has 0 radical (unpaired) electrons. The smallest absolute Gasteiger partial charge is 0.260 e. The first kappa shape index (κ1) is 16.3. The van der Waals surface area contributed by atoms with Crippen LogP contribution in [0, 0.1) is 0 Å². The van der Waals surface area contributed by atoms with Crippen molar-refractivity contribution in [2.45, 2.75) is 32.6 Å². The number of nitrogens with zero attached hydrogens (tertiary/aromatic N) is 3. The van der Waals surface area contributed by atoms with Gasteiger partial charge in [-0.3, -0.25) is 10.1 Å². The predicted octanol–water partition coefficient (Wildman–Crippen LogP) is 4.50. The molecule has 2 aromatic rings. The van der Waals surface area contributed by atoms with Crippen LogP contribution >= 0.6 is 38.9 Å². The molecule has 0 bridgehead atoms. The van der Waals surface area contributed by atoms with E-state index < -0.39 is 0 Å². The van der Waals surface area contributed by atoms with E-state index in [1.165, 1.54) is 17.5 Å². The molecule has 0 aromatic carbocycles. The molecule has 0 atom stereocenters. The molecule has 0 aliphatic rings. The van der Waals surface area contributed by atoms with Crippen LogP contribution in [-0.4, -0.2) is 21.1 Å². The summed E-state index contributed by atoms with van der Waals surface area (Å²) >= 11 is 10.6. The van der Waals surface area contributed by atoms with Gasteiger partial charge in [-0.05, 0) is 34.8 Å². The minimum atomic E-state index is -0.346. The van der Waals surface area contributed by atoms with Crippen molar-refractivity contribution in [3.05, 3.63) is 32.5 Å². The molecule has 8 heteroatoms. The fourth-order valence-corrected chi connectivity index (χ4v) is 3.36. The van der Waals surface area contributed by atoms with Crippen molar-refractivity contribution in [1.82, 2.24) is 15.2 Å². The van der Waals surface area contributed by atoms with Crippen LogP contribution in [0.4, 0.5) is 5.13 Å². The Morgan fingerprint density at radius 3 is 2.81 bits per heavy atom. The highest BCUT2D eigenvalue weighted by Gasteiger charge is 2.17. The molecule has 21 heavy (non-hydrogen) atoms. The van der Waals surface area contributed by atoms with E-state index in [9.17, 15) is 4.79 Å². The van der Waals surface area contributed by atoms with Crippen molar-refractivity contribution < 1.29 is 4.79 Å². The number of hydrogen-bond donors (Lipinski definition) is 1. The quantitative estimate of drug-likeness (QED) is 0.764. The Kier molecular flexibility index (Phi) is 5.66. The summed E-state index contributed by atoms with van der Waals surface area (Å²) in [6.07, 6.45) is 3.54. The van der Waals surface area contributed by atoms with Gasteiger partial charge in [0.2, 0.25) is 5.13 Å². The van der Waals surface area contributed by atoms with Gasteiger partial charge in [0.15, 0.2) is 0 Å². The second-order valence-corrected chi connectivity index (χ2v) is 6.69. The number of nitrogens with one attached hydrogen (secondary N) is 1. The molecule has 0 unspecified atom stereocenters. The zero-order valence-electron chi connectivity index (χ0n) is 11.6. The first-order valence-electron chi connectivity index (χ1n) is 6.50. The second kappa shape index (κ2) is 7.29. The summed E-state index contributed by atoms with van der Waals surface area (Å²) < 4.78 is 0.687. The third-order valence-electron chi connectivity index (χ3n) is 3.05. The zero-order chi connectivity index (χ0) is 15.4. The average Bonchev–Trinajstić information content (AvgIpc) is 2.91. The summed E-state index contributed by atoms with van der Waals surface area (Å²) in [5, 5.41) is 12.4. The Bertz CT molecular complexity index is 645. The highest BCUT2D eigenvalue weighted by molar-refractivity contribution is 9.10. The Balaban J connectivity index is 2.15. The van der Waals surface area contributed by atoms with Crippen molar-refractivity contribution in [3.63, 3.8) is 0 Å². The van der Waals surface area contributed by atoms with E-state index >= 15 is 0 Å². The first-order valence-corrected chi connectivity index (χ1v) is 8.49. The Hall–Kier alpha value is -1.05. The minimum absolute atomic E-state index is 0.153. The maximum atomic E-state index is 12.2. The molecule has 0 spiro atoms. The number of pyridine rings is 1. The summed E-state index contributed by atoms with van der Waals surface area (Å²) in [5.74, 6) is 0.0327. The molecule has 112 valence electrons. The molecule has 1 amide bonds. The standard InChI is InChI=1S/C13H14BrClN4OS/c1-3-7(4-2)12-18-19-13(21-12)17-11(20)9-5-8(14)6-16-10(9)15/h5-7H,3-4H2,1-2H3,(H,17,19,20). The largest absolute Gasteiger partial charge is 0.296 e. The van der Waals surface area contributed by atoms with Crippen LogP contribution in [0.2, 0.25) is 5.15 Å². The number of carbonyl (C=O) groups is 1. The Morgan fingerprint density at radius 1 is 1.43 bits per heavy atom. The number of carbonyl (C=O) groups excluding carboxylic acids is 1.